The molecule has 0 saturated heterocycles. The number of benzene rings is 12. The summed E-state index contributed by atoms with van der Waals surface area (Å²) in [7, 11) is 0. The smallest absolute Gasteiger partial charge is 0.252 e. The maximum absolute atomic E-state index is 8.97. The monoisotopic (exact) mass is 1230 g/mol. The van der Waals surface area contributed by atoms with Crippen molar-refractivity contribution in [3.8, 4) is 44.8 Å². The third-order valence-corrected chi connectivity index (χ3v) is 20.3. The van der Waals surface area contributed by atoms with E-state index in [-0.39, 0.29) is 28.4 Å². The van der Waals surface area contributed by atoms with Gasteiger partial charge in [-0.1, -0.05) is 252 Å². The first-order valence-corrected chi connectivity index (χ1v) is 33.6. The summed E-state index contributed by atoms with van der Waals surface area (Å²) in [4.78, 5) is 9.54. The zero-order chi connectivity index (χ0) is 65.6. The fourth-order valence-corrected chi connectivity index (χ4v) is 15.1. The van der Waals surface area contributed by atoms with Crippen LogP contribution >= 0.6 is 0 Å². The molecule has 0 bridgehead atoms. The van der Waals surface area contributed by atoms with Gasteiger partial charge in [-0.2, -0.15) is 0 Å². The summed E-state index contributed by atoms with van der Waals surface area (Å²) >= 11 is 0. The first kappa shape index (κ1) is 59.4. The number of rotatable bonds is 7. The average molecular weight is 1230 g/mol. The number of anilines is 6. The van der Waals surface area contributed by atoms with Crippen molar-refractivity contribution in [3.05, 3.63) is 288 Å². The lowest BCUT2D eigenvalue weighted by atomic mass is 9.33. The van der Waals surface area contributed by atoms with Gasteiger partial charge in [0.25, 0.3) is 6.71 Å². The zero-order valence-electron chi connectivity index (χ0n) is 56.6. The van der Waals surface area contributed by atoms with Gasteiger partial charge in [-0.25, -0.2) is 4.85 Å². The number of hydrogen-bond donors (Lipinski definition) is 0. The number of hydrogen-bond acceptors (Lipinski definition) is 2. The predicted octanol–water partition coefficient (Wildman–Crippen LogP) is 22.7. The Morgan fingerprint density at radius 2 is 0.684 bits per heavy atom. The van der Waals surface area contributed by atoms with Crippen LogP contribution < -0.4 is 26.2 Å². The lowest BCUT2D eigenvalue weighted by Crippen LogP contribution is -2.61. The van der Waals surface area contributed by atoms with Crippen molar-refractivity contribution < 1.29 is 0 Å². The molecule has 95 heavy (non-hydrogen) atoms. The molecule has 5 nitrogen and oxygen atoms in total. The topological polar surface area (TPSA) is 20.7 Å². The minimum absolute atomic E-state index is 0.0656. The van der Waals surface area contributed by atoms with E-state index in [4.69, 9.17) is 6.57 Å². The molecule has 4 heterocycles. The average Bonchev–Trinajstić information content (AvgIpc) is 1.23. The number of nitrogens with zero attached hydrogens (tertiary/aromatic N) is 5. The maximum Gasteiger partial charge on any atom is 0.252 e. The maximum atomic E-state index is 8.97. The fraction of sp³-hybridized carbons (Fsp3) is 0.180. The van der Waals surface area contributed by atoms with Crippen LogP contribution in [-0.2, 0) is 21.7 Å². The van der Waals surface area contributed by atoms with E-state index in [0.29, 0.717) is 5.69 Å². The molecular weight excluding hydrogens is 1150 g/mol. The molecule has 0 N–H and O–H groups in total. The summed E-state index contributed by atoms with van der Waals surface area (Å²) in [5.41, 5.74) is 28.8. The highest BCUT2D eigenvalue weighted by Crippen LogP contribution is 2.50. The SMILES string of the molecule is [C-]#[N+]c1cc(C(C)(C)C)cc2c3cc(C(C)(C)C)ccc3n(-c3ccc4c(c3)N(c3ccc(-c5ccccc5)cc3)c3cc(-n5c6ccc(C(C)(C)C)cc6c6cc(C(C)(C)C)ccc65)cc5c3B4c3cc(-c4ccccc4)ccc3N5c3ccc(-c4ccccc4)cc3)c12. The molecule has 462 valence electrons. The van der Waals surface area contributed by atoms with Crippen molar-refractivity contribution in [1.82, 2.24) is 9.13 Å². The molecule has 14 aromatic rings. The van der Waals surface area contributed by atoms with Crippen LogP contribution in [0.25, 0.3) is 93.2 Å². The van der Waals surface area contributed by atoms with Crippen LogP contribution in [0, 0.1) is 6.57 Å². The summed E-state index contributed by atoms with van der Waals surface area (Å²) in [5, 5.41) is 4.73. The van der Waals surface area contributed by atoms with E-state index in [0.717, 1.165) is 95.0 Å². The molecule has 0 aliphatic carbocycles. The molecule has 12 aromatic carbocycles. The Balaban J connectivity index is 1.04. The Bertz CT molecular complexity index is 5380. The Kier molecular flexibility index (Phi) is 13.6. The Labute approximate surface area is 560 Å². The number of fused-ring (bicyclic) bond motifs is 10. The number of aromatic nitrogens is 2. The molecule has 0 amide bonds. The van der Waals surface area contributed by atoms with Gasteiger partial charge in [0.2, 0.25) is 5.69 Å². The standard InChI is InChI=1S/C89H78BN5/c1-86(2,3)62-34-44-77-70(48-62)71-49-63(87(4,5)6)35-45-78(71)94(77)69-54-82-84-83(55-69)93(67-39-31-60(32-40-67)57-25-19-15-20-26-57)81-53-68(95-79-46-36-64(88(7,8)9)50-72(79)73-51-65(89(10,11)12)52-76(91-13)85(73)95)41-42-74(81)90(84)75-47-61(58-27-21-16-22-28-58)33-43-80(75)92(82)66-37-29-59(30-38-66)56-23-17-14-18-24-56/h14-55H,1-12H3. The van der Waals surface area contributed by atoms with Gasteiger partial charge in [0.05, 0.1) is 34.3 Å². The zero-order valence-corrected chi connectivity index (χ0v) is 56.6. The Hall–Kier alpha value is -10.6. The minimum Gasteiger partial charge on any atom is -0.319 e. The van der Waals surface area contributed by atoms with Crippen LogP contribution in [0.2, 0.25) is 0 Å². The normalized spacial score (nSPS) is 13.2. The van der Waals surface area contributed by atoms with Crippen LogP contribution in [0.1, 0.15) is 105 Å². The van der Waals surface area contributed by atoms with Gasteiger partial charge in [0.15, 0.2) is 0 Å². The van der Waals surface area contributed by atoms with Crippen LogP contribution in [0.15, 0.2) is 255 Å². The Morgan fingerprint density at radius 1 is 0.295 bits per heavy atom. The highest BCUT2D eigenvalue weighted by molar-refractivity contribution is 7.00. The lowest BCUT2D eigenvalue weighted by Gasteiger charge is -2.44. The molecule has 0 radical (unpaired) electrons. The van der Waals surface area contributed by atoms with Crippen molar-refractivity contribution in [2.75, 3.05) is 9.80 Å². The van der Waals surface area contributed by atoms with Crippen molar-refractivity contribution in [2.24, 2.45) is 0 Å². The van der Waals surface area contributed by atoms with E-state index < -0.39 is 0 Å². The first-order chi connectivity index (χ1) is 45.6. The molecule has 0 atom stereocenters. The summed E-state index contributed by atoms with van der Waals surface area (Å²) < 4.78 is 4.94. The summed E-state index contributed by atoms with van der Waals surface area (Å²) in [6, 6.07) is 96.0. The van der Waals surface area contributed by atoms with Crippen LogP contribution in [0.5, 0.6) is 0 Å². The summed E-state index contributed by atoms with van der Waals surface area (Å²) in [5.74, 6) is 0. The van der Waals surface area contributed by atoms with Gasteiger partial charge in [-0.15, -0.1) is 0 Å². The molecule has 0 spiro atoms. The highest BCUT2D eigenvalue weighted by atomic mass is 15.2. The van der Waals surface area contributed by atoms with E-state index >= 15 is 0 Å². The van der Waals surface area contributed by atoms with E-state index in [2.05, 4.69) is 362 Å². The van der Waals surface area contributed by atoms with Crippen LogP contribution in [0.4, 0.5) is 39.8 Å². The van der Waals surface area contributed by atoms with Gasteiger partial charge < -0.3 is 18.9 Å². The molecule has 2 aromatic heterocycles. The Morgan fingerprint density at radius 3 is 1.15 bits per heavy atom. The molecule has 6 heteroatoms. The van der Waals surface area contributed by atoms with Crippen molar-refractivity contribution in [3.63, 3.8) is 0 Å². The highest BCUT2D eigenvalue weighted by Gasteiger charge is 2.45. The second kappa shape index (κ2) is 21.7. The molecular formula is C89H78BN5. The third-order valence-electron chi connectivity index (χ3n) is 20.3. The minimum atomic E-state index is -0.209. The molecule has 0 fully saturated rings. The third kappa shape index (κ3) is 9.89. The van der Waals surface area contributed by atoms with Crippen molar-refractivity contribution in [2.45, 2.75) is 105 Å². The molecule has 0 saturated carbocycles. The predicted molar refractivity (Wildman–Crippen MR) is 407 cm³/mol. The van der Waals surface area contributed by atoms with Crippen LogP contribution in [-0.4, -0.2) is 15.8 Å². The van der Waals surface area contributed by atoms with Crippen molar-refractivity contribution in [1.29, 1.82) is 0 Å². The molecule has 2 aliphatic rings. The van der Waals surface area contributed by atoms with E-state index in [1.165, 1.54) is 66.1 Å². The second-order valence-electron chi connectivity index (χ2n) is 30.6. The molecule has 0 unspecified atom stereocenters. The van der Waals surface area contributed by atoms with Gasteiger partial charge >= 0.3 is 0 Å². The largest absolute Gasteiger partial charge is 0.319 e. The molecule has 16 rings (SSSR count). The van der Waals surface area contributed by atoms with Gasteiger partial charge in [-0.05, 0) is 185 Å². The van der Waals surface area contributed by atoms with Crippen molar-refractivity contribution >= 4 is 107 Å². The first-order valence-electron chi connectivity index (χ1n) is 33.6. The van der Waals surface area contributed by atoms with Gasteiger partial charge in [0.1, 0.15) is 0 Å². The van der Waals surface area contributed by atoms with E-state index in [1.807, 2.05) is 0 Å². The quantitative estimate of drug-likeness (QED) is 0.117. The van der Waals surface area contributed by atoms with Gasteiger partial charge in [0, 0.05) is 56.0 Å². The molecule has 2 aliphatic heterocycles. The van der Waals surface area contributed by atoms with E-state index in [1.54, 1.807) is 0 Å². The summed E-state index contributed by atoms with van der Waals surface area (Å²) in [6.45, 7) is 36.3. The van der Waals surface area contributed by atoms with E-state index in [9.17, 15) is 0 Å². The van der Waals surface area contributed by atoms with Crippen LogP contribution in [0.3, 0.4) is 0 Å². The summed E-state index contributed by atoms with van der Waals surface area (Å²) in [6.07, 6.45) is 0. The fourth-order valence-electron chi connectivity index (χ4n) is 15.1. The lowest BCUT2D eigenvalue weighted by molar-refractivity contribution is 0.590. The second-order valence-corrected chi connectivity index (χ2v) is 30.6. The van der Waals surface area contributed by atoms with Gasteiger partial charge in [-0.3, -0.25) is 0 Å².